The van der Waals surface area contributed by atoms with Gasteiger partial charge in [0.25, 0.3) is 0 Å². The van der Waals surface area contributed by atoms with E-state index in [2.05, 4.69) is 12.1 Å². The van der Waals surface area contributed by atoms with Gasteiger partial charge in [-0.3, -0.25) is 0 Å². The predicted octanol–water partition coefficient (Wildman–Crippen LogP) is 3.85. The van der Waals surface area contributed by atoms with Crippen molar-refractivity contribution >= 4 is 31.4 Å². The Hall–Kier alpha value is -1.46. The molecule has 0 aliphatic heterocycles. The Labute approximate surface area is 165 Å². The van der Waals surface area contributed by atoms with Crippen LogP contribution in [0.3, 0.4) is 0 Å². The van der Waals surface area contributed by atoms with Crippen molar-refractivity contribution < 1.29 is 19.0 Å². The fourth-order valence-corrected chi connectivity index (χ4v) is 5.17. The van der Waals surface area contributed by atoms with Crippen LogP contribution in [0.4, 0.5) is 0 Å². The second kappa shape index (κ2) is 12.0. The van der Waals surface area contributed by atoms with Gasteiger partial charge in [-0.05, 0) is 6.92 Å². The van der Waals surface area contributed by atoms with Gasteiger partial charge in [0.2, 0.25) is 0 Å². The van der Waals surface area contributed by atoms with Crippen LogP contribution in [0.5, 0.6) is 11.5 Å². The van der Waals surface area contributed by atoms with Crippen molar-refractivity contribution in [1.82, 2.24) is 0 Å². The van der Waals surface area contributed by atoms with Crippen LogP contribution in [0.1, 0.15) is 22.8 Å². The summed E-state index contributed by atoms with van der Waals surface area (Å²) in [6.07, 6.45) is 0. The Kier molecular flexibility index (Phi) is 9.64. The van der Waals surface area contributed by atoms with Gasteiger partial charge in [0.1, 0.15) is 0 Å². The Balaban J connectivity index is 1.66. The van der Waals surface area contributed by atoms with Gasteiger partial charge in [0.15, 0.2) is 0 Å². The van der Waals surface area contributed by atoms with Crippen molar-refractivity contribution in [2.45, 2.75) is 12.7 Å². The molecule has 2 aromatic rings. The third kappa shape index (κ3) is 7.42. The van der Waals surface area contributed by atoms with Crippen LogP contribution in [0.2, 0.25) is 0 Å². The molecule has 0 amide bonds. The van der Waals surface area contributed by atoms with Gasteiger partial charge < -0.3 is 0 Å². The average molecular weight is 439 g/mol. The number of methoxy groups -OCH3 is 1. The van der Waals surface area contributed by atoms with Crippen LogP contribution in [0.25, 0.3) is 0 Å². The summed E-state index contributed by atoms with van der Waals surface area (Å²) in [6.45, 7) is 3.86. The summed E-state index contributed by atoms with van der Waals surface area (Å²) >= 11 is 1.73. The number of rotatable bonds is 12. The van der Waals surface area contributed by atoms with E-state index >= 15 is 0 Å². The first-order chi connectivity index (χ1) is 12.7. The molecular weight excluding hydrogens is 415 g/mol. The van der Waals surface area contributed by atoms with Crippen LogP contribution in [0.15, 0.2) is 48.5 Å². The Morgan fingerprint density at radius 3 is 2.35 bits per heavy atom. The molecule has 0 heterocycles. The Bertz CT molecular complexity index is 659. The van der Waals surface area contributed by atoms with E-state index in [0.29, 0.717) is 19.8 Å². The van der Waals surface area contributed by atoms with E-state index in [-0.39, 0.29) is 19.6 Å². The fourth-order valence-electron chi connectivity index (χ4n) is 2.11. The molecule has 6 heteroatoms. The summed E-state index contributed by atoms with van der Waals surface area (Å²) in [6, 6.07) is 15.4. The van der Waals surface area contributed by atoms with E-state index in [4.69, 9.17) is 14.2 Å². The first kappa shape index (κ1) is 20.8. The van der Waals surface area contributed by atoms with Gasteiger partial charge in [-0.15, -0.1) is 0 Å². The fraction of sp³-hybridized carbons (Fsp3) is 0.350. The van der Waals surface area contributed by atoms with Gasteiger partial charge >= 0.3 is 159 Å². The summed E-state index contributed by atoms with van der Waals surface area (Å²) in [5, 5.41) is 0. The molecule has 0 saturated heterocycles. The molecule has 2 rings (SSSR count). The third-order valence-corrected chi connectivity index (χ3v) is 7.15. The molecule has 0 aliphatic rings. The molecule has 0 spiro atoms. The second-order valence-electron chi connectivity index (χ2n) is 5.32. The molecule has 140 valence electrons. The molecule has 0 aromatic heterocycles. The molecule has 0 radical (unpaired) electrons. The van der Waals surface area contributed by atoms with Crippen molar-refractivity contribution in [3.05, 3.63) is 59.7 Å². The van der Waals surface area contributed by atoms with E-state index < -0.39 is 0 Å². The zero-order chi connectivity index (χ0) is 18.6. The van der Waals surface area contributed by atoms with Crippen LogP contribution in [0, 0.1) is 0 Å². The van der Waals surface area contributed by atoms with Gasteiger partial charge in [0, 0.05) is 0 Å². The molecule has 0 bridgehead atoms. The van der Waals surface area contributed by atoms with Gasteiger partial charge in [-0.2, -0.15) is 0 Å². The van der Waals surface area contributed by atoms with Gasteiger partial charge in [-0.25, -0.2) is 0 Å². The number of carbonyl (C=O) groups excluding carboxylic acids is 1. The van der Waals surface area contributed by atoms with Crippen molar-refractivity contribution in [2.75, 3.05) is 31.6 Å². The molecule has 4 nitrogen and oxygen atoms in total. The van der Waals surface area contributed by atoms with E-state index in [0.717, 1.165) is 27.5 Å². The number of carbonyl (C=O) groups is 1. The molecule has 0 unspecified atom stereocenters. The molecule has 0 atom stereocenters. The molecule has 0 N–H and O–H groups in total. The molecule has 0 aliphatic carbocycles. The topological polar surface area (TPSA) is 44.8 Å². The SMILES string of the molecule is CCOCCOc1ccc(CSC[Se]C(=O)c2ccc(OC)cc2)cc1. The number of benzene rings is 2. The minimum atomic E-state index is -0.0540. The third-order valence-electron chi connectivity index (χ3n) is 3.49. The van der Waals surface area contributed by atoms with E-state index in [1.54, 1.807) is 18.9 Å². The second-order valence-corrected chi connectivity index (χ2v) is 9.12. The molecular formula is C20H24O4SSe. The summed E-state index contributed by atoms with van der Waals surface area (Å²) < 4.78 is 17.1. The number of ether oxygens (including phenoxy) is 3. The summed E-state index contributed by atoms with van der Waals surface area (Å²) in [4.78, 5) is 12.2. The van der Waals surface area contributed by atoms with Crippen molar-refractivity contribution in [1.29, 1.82) is 0 Å². The van der Waals surface area contributed by atoms with Crippen LogP contribution < -0.4 is 9.47 Å². The molecule has 2 aromatic carbocycles. The van der Waals surface area contributed by atoms with Crippen molar-refractivity contribution in [2.24, 2.45) is 0 Å². The van der Waals surface area contributed by atoms with Crippen molar-refractivity contribution in [3.8, 4) is 11.5 Å². The van der Waals surface area contributed by atoms with Gasteiger partial charge in [0.05, 0.1) is 0 Å². The predicted molar refractivity (Wildman–Crippen MR) is 108 cm³/mol. The van der Waals surface area contributed by atoms with Crippen LogP contribution >= 0.6 is 11.8 Å². The summed E-state index contributed by atoms with van der Waals surface area (Å²) in [5.41, 5.74) is 2.00. The Morgan fingerprint density at radius 2 is 1.69 bits per heavy atom. The number of hydrogen-bond donors (Lipinski definition) is 0. The quantitative estimate of drug-likeness (QED) is 0.371. The maximum absolute atomic E-state index is 12.2. The zero-order valence-electron chi connectivity index (χ0n) is 15.1. The van der Waals surface area contributed by atoms with E-state index in [1.165, 1.54) is 5.56 Å². The first-order valence-electron chi connectivity index (χ1n) is 8.41. The van der Waals surface area contributed by atoms with Gasteiger partial charge in [-0.1, -0.05) is 0 Å². The molecule has 0 saturated carbocycles. The zero-order valence-corrected chi connectivity index (χ0v) is 17.6. The summed E-state index contributed by atoms with van der Waals surface area (Å²) in [7, 11) is 1.62. The number of thioether (sulfide) groups is 1. The monoisotopic (exact) mass is 440 g/mol. The normalized spacial score (nSPS) is 10.5. The van der Waals surface area contributed by atoms with Crippen LogP contribution in [-0.2, 0) is 10.5 Å². The van der Waals surface area contributed by atoms with Crippen LogP contribution in [-0.4, -0.2) is 51.2 Å². The minimum absolute atomic E-state index is 0.0540. The molecule has 26 heavy (non-hydrogen) atoms. The maximum atomic E-state index is 12.2. The van der Waals surface area contributed by atoms with Crippen molar-refractivity contribution in [3.63, 3.8) is 0 Å². The Morgan fingerprint density at radius 1 is 1.00 bits per heavy atom. The number of hydrogen-bond acceptors (Lipinski definition) is 5. The standard InChI is InChI=1S/C20H24O4SSe/c1-3-23-12-13-24-19-8-4-16(5-9-19)14-25-15-26-20(21)17-6-10-18(22-2)11-7-17/h4-11H,3,12-15H2,1-2H3. The van der Waals surface area contributed by atoms with E-state index in [9.17, 15) is 4.79 Å². The average Bonchev–Trinajstić information content (AvgIpc) is 2.69. The van der Waals surface area contributed by atoms with E-state index in [1.807, 2.05) is 43.3 Å². The summed E-state index contributed by atoms with van der Waals surface area (Å²) in [5.74, 6) is 2.53. The molecule has 0 fully saturated rings. The first-order valence-corrected chi connectivity index (χ1v) is 11.6.